The van der Waals surface area contributed by atoms with Crippen molar-refractivity contribution in [1.82, 2.24) is 0 Å². The van der Waals surface area contributed by atoms with Crippen LogP contribution >= 0.6 is 0 Å². The fraction of sp³-hybridized carbons (Fsp3) is 0.222. The molecule has 13 heteroatoms. The van der Waals surface area contributed by atoms with Gasteiger partial charge < -0.3 is 5.11 Å². The second-order valence-electron chi connectivity index (χ2n) is 3.75. The predicted molar refractivity (Wildman–Crippen MR) is 65.2 cm³/mol. The van der Waals surface area contributed by atoms with E-state index in [1.165, 1.54) is 0 Å². The van der Waals surface area contributed by atoms with E-state index in [9.17, 15) is 40.7 Å². The highest BCUT2D eigenvalue weighted by Crippen LogP contribution is 2.32. The maximum atomic E-state index is 12.3. The van der Waals surface area contributed by atoms with Gasteiger partial charge in [-0.05, 0) is 12.1 Å². The zero-order valence-electron chi connectivity index (χ0n) is 10.2. The van der Waals surface area contributed by atoms with Crippen LogP contribution in [0.2, 0.25) is 0 Å². The van der Waals surface area contributed by atoms with Crippen LogP contribution in [0.15, 0.2) is 28.0 Å². The third-order valence-corrected chi connectivity index (χ3v) is 4.94. The van der Waals surface area contributed by atoms with Gasteiger partial charge in [0.2, 0.25) is 0 Å². The predicted octanol–water partition coefficient (Wildman–Crippen LogP) is 1.08. The molecule has 0 aliphatic rings. The molecule has 1 atom stereocenters. The highest BCUT2D eigenvalue weighted by atomic mass is 32.2. The van der Waals surface area contributed by atoms with Crippen LogP contribution < -0.4 is 0 Å². The van der Waals surface area contributed by atoms with E-state index in [-0.39, 0.29) is 6.07 Å². The number of alkyl halides is 3. The van der Waals surface area contributed by atoms with Crippen molar-refractivity contribution in [2.75, 3.05) is 5.75 Å². The van der Waals surface area contributed by atoms with Crippen LogP contribution in [0.25, 0.3) is 0 Å². The van der Waals surface area contributed by atoms with Gasteiger partial charge in [0.15, 0.2) is 26.4 Å². The largest absolute Gasteiger partial charge is 0.480 e. The molecule has 0 fully saturated rings. The Labute approximate surface area is 123 Å². The summed E-state index contributed by atoms with van der Waals surface area (Å²) in [5.74, 6) is -3.27. The van der Waals surface area contributed by atoms with E-state index in [4.69, 9.17) is 5.11 Å². The molecular formula is C9H6F3NO7S2. The Bertz CT molecular complexity index is 757. The lowest BCUT2D eigenvalue weighted by atomic mass is 10.3. The van der Waals surface area contributed by atoms with E-state index in [2.05, 4.69) is 0 Å². The Balaban J connectivity index is 3.49. The third kappa shape index (κ3) is 4.00. The summed E-state index contributed by atoms with van der Waals surface area (Å²) in [4.78, 5) is 17.8. The molecule has 1 rings (SSSR count). The minimum atomic E-state index is -5.19. The van der Waals surface area contributed by atoms with Crippen molar-refractivity contribution >= 4 is 32.3 Å². The van der Waals surface area contributed by atoms with E-state index in [1.54, 1.807) is 0 Å². The average molecular weight is 361 g/mol. The lowest BCUT2D eigenvalue weighted by Gasteiger charge is -2.08. The summed E-state index contributed by atoms with van der Waals surface area (Å²) in [6.07, 6.45) is 0. The Kier molecular flexibility index (Phi) is 4.92. The zero-order chi connectivity index (χ0) is 17.3. The van der Waals surface area contributed by atoms with Crippen molar-refractivity contribution in [3.8, 4) is 0 Å². The minimum absolute atomic E-state index is 0.193. The Hall–Kier alpha value is -2.02. The summed E-state index contributed by atoms with van der Waals surface area (Å²) in [5.41, 5.74) is -6.47. The van der Waals surface area contributed by atoms with Gasteiger partial charge in [-0.25, -0.2) is 12.6 Å². The maximum Gasteiger partial charge on any atom is 0.475 e. The Morgan fingerprint density at radius 3 is 2.32 bits per heavy atom. The smallest absolute Gasteiger partial charge is 0.475 e. The number of rotatable bonds is 5. The van der Waals surface area contributed by atoms with Gasteiger partial charge in [-0.15, -0.1) is 0 Å². The molecule has 0 amide bonds. The SMILES string of the molecule is O=C(O)CS(=O)(=O)c1ccc([S@](=O)C(F)(F)F)cc1[N+](=O)[O-]. The van der Waals surface area contributed by atoms with Gasteiger partial charge >= 0.3 is 11.5 Å². The van der Waals surface area contributed by atoms with Gasteiger partial charge in [0, 0.05) is 6.07 Å². The molecule has 0 radical (unpaired) electrons. The first-order valence-electron chi connectivity index (χ1n) is 5.08. The summed E-state index contributed by atoms with van der Waals surface area (Å²) >= 11 is 0. The van der Waals surface area contributed by atoms with Gasteiger partial charge in [-0.1, -0.05) is 0 Å². The minimum Gasteiger partial charge on any atom is -0.480 e. The number of nitro benzene ring substituents is 1. The van der Waals surface area contributed by atoms with Crippen molar-refractivity contribution in [3.05, 3.63) is 28.3 Å². The molecule has 0 aliphatic heterocycles. The number of nitro groups is 1. The molecule has 22 heavy (non-hydrogen) atoms. The van der Waals surface area contributed by atoms with Gasteiger partial charge in [-0.2, -0.15) is 13.2 Å². The number of carboxylic acids is 1. The van der Waals surface area contributed by atoms with Crippen molar-refractivity contribution in [2.45, 2.75) is 15.3 Å². The normalized spacial score (nSPS) is 13.6. The molecule has 0 saturated heterocycles. The number of carbonyl (C=O) groups is 1. The van der Waals surface area contributed by atoms with E-state index in [0.29, 0.717) is 12.1 Å². The van der Waals surface area contributed by atoms with Crippen LogP contribution in [0.3, 0.4) is 0 Å². The van der Waals surface area contributed by atoms with E-state index in [1.807, 2.05) is 0 Å². The molecule has 0 aromatic heterocycles. The number of carboxylic acid groups (broad SMARTS) is 1. The summed E-state index contributed by atoms with van der Waals surface area (Å²) in [6.45, 7) is 0. The van der Waals surface area contributed by atoms with Crippen molar-refractivity contribution in [2.24, 2.45) is 0 Å². The standard InChI is InChI=1S/C9H6F3NO7S2/c10-9(11,12)21(18)5-1-2-7(6(3-5)13(16)17)22(19,20)4-8(14)15/h1-3H,4H2,(H,14,15)/t21-/m0/s1. The molecular weight excluding hydrogens is 355 g/mol. The molecule has 0 spiro atoms. The highest BCUT2D eigenvalue weighted by molar-refractivity contribution is 7.92. The molecule has 0 heterocycles. The van der Waals surface area contributed by atoms with Crippen LogP contribution in [0.4, 0.5) is 18.9 Å². The lowest BCUT2D eigenvalue weighted by Crippen LogP contribution is -2.18. The lowest BCUT2D eigenvalue weighted by molar-refractivity contribution is -0.388. The van der Waals surface area contributed by atoms with Crippen molar-refractivity contribution in [3.63, 3.8) is 0 Å². The number of hydrogen-bond acceptors (Lipinski definition) is 6. The van der Waals surface area contributed by atoms with Gasteiger partial charge in [0.25, 0.3) is 5.69 Å². The molecule has 1 aromatic rings. The number of sulfone groups is 1. The number of hydrogen-bond donors (Lipinski definition) is 1. The summed E-state index contributed by atoms with van der Waals surface area (Å²) in [7, 11) is -8.22. The van der Waals surface area contributed by atoms with Gasteiger partial charge in [0.05, 0.1) is 9.82 Å². The van der Waals surface area contributed by atoms with Crippen LogP contribution in [-0.4, -0.2) is 39.9 Å². The molecule has 1 aromatic carbocycles. The number of aliphatic carboxylic acids is 1. The van der Waals surface area contributed by atoms with Crippen LogP contribution in [0.1, 0.15) is 0 Å². The zero-order valence-corrected chi connectivity index (χ0v) is 11.9. The Morgan fingerprint density at radius 2 is 1.91 bits per heavy atom. The molecule has 0 unspecified atom stereocenters. The summed E-state index contributed by atoms with van der Waals surface area (Å²) in [5, 5.41) is 19.2. The fourth-order valence-corrected chi connectivity index (χ4v) is 3.28. The van der Waals surface area contributed by atoms with E-state index < -0.39 is 58.3 Å². The quantitative estimate of drug-likeness (QED) is 0.613. The third-order valence-electron chi connectivity index (χ3n) is 2.20. The summed E-state index contributed by atoms with van der Waals surface area (Å²) in [6, 6.07) is 1.10. The van der Waals surface area contributed by atoms with Crippen LogP contribution in [0, 0.1) is 10.1 Å². The topological polar surface area (TPSA) is 132 Å². The van der Waals surface area contributed by atoms with Crippen LogP contribution in [-0.2, 0) is 25.4 Å². The number of benzene rings is 1. The highest BCUT2D eigenvalue weighted by Gasteiger charge is 2.39. The number of nitrogens with zero attached hydrogens (tertiary/aromatic N) is 1. The maximum absolute atomic E-state index is 12.3. The Morgan fingerprint density at radius 1 is 1.36 bits per heavy atom. The van der Waals surface area contributed by atoms with Crippen molar-refractivity contribution < 1.29 is 40.6 Å². The molecule has 1 N–H and O–H groups in total. The first-order valence-corrected chi connectivity index (χ1v) is 7.88. The number of halogens is 3. The second-order valence-corrected chi connectivity index (χ2v) is 7.18. The average Bonchev–Trinajstić information content (AvgIpc) is 2.34. The molecule has 0 saturated carbocycles. The first kappa shape index (κ1) is 18.0. The van der Waals surface area contributed by atoms with E-state index >= 15 is 0 Å². The molecule has 0 bridgehead atoms. The van der Waals surface area contributed by atoms with Crippen molar-refractivity contribution in [1.29, 1.82) is 0 Å². The molecule has 8 nitrogen and oxygen atoms in total. The first-order chi connectivity index (χ1) is 9.86. The molecule has 122 valence electrons. The molecule has 0 aliphatic carbocycles. The van der Waals surface area contributed by atoms with Gasteiger partial charge in [0.1, 0.15) is 4.90 Å². The van der Waals surface area contributed by atoms with Gasteiger partial charge in [-0.3, -0.25) is 14.9 Å². The second kappa shape index (κ2) is 6.00. The van der Waals surface area contributed by atoms with E-state index in [0.717, 1.165) is 0 Å². The fourth-order valence-electron chi connectivity index (χ4n) is 1.39. The summed E-state index contributed by atoms with van der Waals surface area (Å²) < 4.78 is 71.3. The van der Waals surface area contributed by atoms with Crippen LogP contribution in [0.5, 0.6) is 0 Å². The monoisotopic (exact) mass is 361 g/mol.